The number of nitrogens with one attached hydrogen (secondary N) is 1. The van der Waals surface area contributed by atoms with Crippen LogP contribution in [0.25, 0.3) is 11.1 Å². The Kier molecular flexibility index (Phi) is 4.05. The topological polar surface area (TPSA) is 58.4 Å². The molecule has 5 heteroatoms. The highest BCUT2D eigenvalue weighted by molar-refractivity contribution is 5.92. The number of aromatic nitrogens is 1. The summed E-state index contributed by atoms with van der Waals surface area (Å²) in [6.07, 6.45) is 0.372. The van der Waals surface area contributed by atoms with Gasteiger partial charge in [0.1, 0.15) is 11.6 Å². The van der Waals surface area contributed by atoms with Crippen LogP contribution < -0.4 is 10.2 Å². The molecule has 0 aliphatic carbocycles. The smallest absolute Gasteiger partial charge is 0.296 e. The third-order valence-electron chi connectivity index (χ3n) is 5.06. The lowest BCUT2D eigenvalue weighted by Crippen LogP contribution is -2.39. The fourth-order valence-corrected chi connectivity index (χ4v) is 3.68. The first kappa shape index (κ1) is 16.6. The quantitative estimate of drug-likeness (QED) is 0.573. The van der Waals surface area contributed by atoms with Crippen molar-refractivity contribution in [2.45, 2.75) is 12.5 Å². The number of fused-ring (bicyclic) bond motifs is 2. The van der Waals surface area contributed by atoms with Crippen LogP contribution in [0.4, 0.5) is 17.4 Å². The fraction of sp³-hybridized carbons (Fsp3) is 0.130. The van der Waals surface area contributed by atoms with E-state index in [2.05, 4.69) is 33.4 Å². The Bertz CT molecular complexity index is 1100. The van der Waals surface area contributed by atoms with E-state index < -0.39 is 6.04 Å². The van der Waals surface area contributed by atoms with Crippen LogP contribution in [0.2, 0.25) is 0 Å². The van der Waals surface area contributed by atoms with Crippen LogP contribution in [-0.4, -0.2) is 23.4 Å². The number of hydrogen-bond acceptors (Lipinski definition) is 5. The highest BCUT2D eigenvalue weighted by Crippen LogP contribution is 2.32. The molecule has 5 rings (SSSR count). The van der Waals surface area contributed by atoms with Crippen LogP contribution in [0.1, 0.15) is 5.56 Å². The van der Waals surface area contributed by atoms with Crippen LogP contribution in [0, 0.1) is 0 Å². The van der Waals surface area contributed by atoms with Crippen LogP contribution in [-0.2, 0) is 11.2 Å². The molecule has 0 fully saturated rings. The number of para-hydroxylation sites is 4. The zero-order valence-corrected chi connectivity index (χ0v) is 15.2. The van der Waals surface area contributed by atoms with E-state index in [1.54, 1.807) is 0 Å². The second kappa shape index (κ2) is 6.85. The van der Waals surface area contributed by atoms with E-state index in [-0.39, 0.29) is 5.78 Å². The SMILES string of the molecule is O=C1Cc2ccccc2N(c2ccccc2)C[C@@H]1Nc1nc2ccccc2o1. The van der Waals surface area contributed by atoms with Crippen LogP contribution in [0.3, 0.4) is 0 Å². The van der Waals surface area contributed by atoms with Gasteiger partial charge in [0.15, 0.2) is 11.4 Å². The number of rotatable bonds is 3. The molecule has 5 nitrogen and oxygen atoms in total. The van der Waals surface area contributed by atoms with Gasteiger partial charge in [0.2, 0.25) is 0 Å². The second-order valence-electron chi connectivity index (χ2n) is 6.90. The number of hydrogen-bond donors (Lipinski definition) is 1. The first-order chi connectivity index (χ1) is 13.8. The summed E-state index contributed by atoms with van der Waals surface area (Å²) in [6, 6.07) is 25.7. The predicted molar refractivity (Wildman–Crippen MR) is 110 cm³/mol. The molecule has 1 atom stereocenters. The summed E-state index contributed by atoms with van der Waals surface area (Å²) in [5.41, 5.74) is 4.61. The van der Waals surface area contributed by atoms with Crippen molar-refractivity contribution in [1.82, 2.24) is 4.98 Å². The van der Waals surface area contributed by atoms with Gasteiger partial charge < -0.3 is 14.6 Å². The number of oxazole rings is 1. The number of Topliss-reactive ketones (excluding diaryl/α,β-unsaturated/α-hetero) is 1. The Balaban J connectivity index is 1.51. The Morgan fingerprint density at radius 2 is 1.68 bits per heavy atom. The third-order valence-corrected chi connectivity index (χ3v) is 5.06. The van der Waals surface area contributed by atoms with Gasteiger partial charge in [-0.25, -0.2) is 0 Å². The Morgan fingerprint density at radius 3 is 2.54 bits per heavy atom. The van der Waals surface area contributed by atoms with Crippen molar-refractivity contribution in [3.8, 4) is 0 Å². The van der Waals surface area contributed by atoms with Gasteiger partial charge in [-0.3, -0.25) is 4.79 Å². The summed E-state index contributed by atoms with van der Waals surface area (Å²) in [4.78, 5) is 19.7. The first-order valence-corrected chi connectivity index (χ1v) is 9.33. The van der Waals surface area contributed by atoms with Crippen molar-refractivity contribution < 1.29 is 9.21 Å². The summed E-state index contributed by atoms with van der Waals surface area (Å²) in [7, 11) is 0. The summed E-state index contributed by atoms with van der Waals surface area (Å²) < 4.78 is 5.79. The van der Waals surface area contributed by atoms with E-state index in [4.69, 9.17) is 4.42 Å². The molecular formula is C23H19N3O2. The molecule has 0 spiro atoms. The molecule has 0 amide bonds. The number of benzene rings is 3. The zero-order valence-electron chi connectivity index (χ0n) is 15.2. The highest BCUT2D eigenvalue weighted by atomic mass is 16.4. The monoisotopic (exact) mass is 369 g/mol. The molecular weight excluding hydrogens is 350 g/mol. The third kappa shape index (κ3) is 3.01. The number of carbonyl (C=O) groups is 1. The van der Waals surface area contributed by atoms with Gasteiger partial charge in [-0.2, -0.15) is 4.98 Å². The van der Waals surface area contributed by atoms with Crippen molar-refractivity contribution in [2.75, 3.05) is 16.8 Å². The van der Waals surface area contributed by atoms with Crippen molar-refractivity contribution in [3.63, 3.8) is 0 Å². The number of anilines is 3. The normalized spacial score (nSPS) is 16.6. The maximum absolute atomic E-state index is 13.0. The first-order valence-electron chi connectivity index (χ1n) is 9.33. The fourth-order valence-electron chi connectivity index (χ4n) is 3.68. The Hall–Kier alpha value is -3.60. The van der Waals surface area contributed by atoms with E-state index in [1.165, 1.54) is 0 Å². The van der Waals surface area contributed by atoms with Crippen LogP contribution in [0.5, 0.6) is 0 Å². The molecule has 138 valence electrons. The van der Waals surface area contributed by atoms with Gasteiger partial charge in [-0.1, -0.05) is 48.5 Å². The molecule has 2 heterocycles. The summed E-state index contributed by atoms with van der Waals surface area (Å²) in [5.74, 6) is 0.119. The highest BCUT2D eigenvalue weighted by Gasteiger charge is 2.29. The van der Waals surface area contributed by atoms with Crippen molar-refractivity contribution >= 4 is 34.3 Å². The summed E-state index contributed by atoms with van der Waals surface area (Å²) in [6.45, 7) is 0.499. The molecule has 0 radical (unpaired) electrons. The molecule has 1 aromatic heterocycles. The van der Waals surface area contributed by atoms with Crippen molar-refractivity contribution in [3.05, 3.63) is 84.4 Å². The lowest BCUT2D eigenvalue weighted by molar-refractivity contribution is -0.118. The second-order valence-corrected chi connectivity index (χ2v) is 6.90. The molecule has 1 aliphatic heterocycles. The number of ketones is 1. The van der Waals surface area contributed by atoms with Crippen LogP contribution in [0.15, 0.2) is 83.3 Å². The molecule has 0 saturated heterocycles. The Morgan fingerprint density at radius 1 is 0.929 bits per heavy atom. The number of nitrogens with zero attached hydrogens (tertiary/aromatic N) is 2. The van der Waals surface area contributed by atoms with Gasteiger partial charge in [-0.15, -0.1) is 0 Å². The van der Waals surface area contributed by atoms with Crippen LogP contribution >= 0.6 is 0 Å². The molecule has 0 saturated carbocycles. The maximum atomic E-state index is 13.0. The van der Waals surface area contributed by atoms with E-state index in [1.807, 2.05) is 60.7 Å². The minimum absolute atomic E-state index is 0.119. The van der Waals surface area contributed by atoms with E-state index >= 15 is 0 Å². The van der Waals surface area contributed by atoms with Gasteiger partial charge in [-0.05, 0) is 35.9 Å². The lowest BCUT2D eigenvalue weighted by Gasteiger charge is -2.27. The van der Waals surface area contributed by atoms with E-state index in [9.17, 15) is 4.79 Å². The van der Waals surface area contributed by atoms with Gasteiger partial charge in [0, 0.05) is 17.8 Å². The summed E-state index contributed by atoms with van der Waals surface area (Å²) in [5, 5.41) is 3.23. The molecule has 4 aromatic rings. The molecule has 0 bridgehead atoms. The number of carbonyl (C=O) groups excluding carboxylic acids is 1. The standard InChI is InChI=1S/C23H19N3O2/c27-21-14-16-8-4-6-12-20(16)26(17-9-2-1-3-10-17)15-19(21)25-23-24-18-11-5-7-13-22(18)28-23/h1-13,19H,14-15H2,(H,24,25)/t19-/m0/s1. The Labute approximate surface area is 162 Å². The average Bonchev–Trinajstić information content (AvgIpc) is 3.08. The molecule has 0 unspecified atom stereocenters. The largest absolute Gasteiger partial charge is 0.424 e. The molecule has 1 aliphatic rings. The molecule has 1 N–H and O–H groups in total. The zero-order chi connectivity index (χ0) is 18.9. The molecule has 28 heavy (non-hydrogen) atoms. The van der Waals surface area contributed by atoms with Gasteiger partial charge >= 0.3 is 0 Å². The van der Waals surface area contributed by atoms with Gasteiger partial charge in [0.05, 0.1) is 6.54 Å². The maximum Gasteiger partial charge on any atom is 0.296 e. The van der Waals surface area contributed by atoms with E-state index in [0.29, 0.717) is 24.6 Å². The minimum atomic E-state index is -0.430. The lowest BCUT2D eigenvalue weighted by atomic mass is 10.0. The average molecular weight is 369 g/mol. The predicted octanol–water partition coefficient (Wildman–Crippen LogP) is 4.57. The van der Waals surface area contributed by atoms with E-state index in [0.717, 1.165) is 22.5 Å². The minimum Gasteiger partial charge on any atom is -0.424 e. The van der Waals surface area contributed by atoms with Gasteiger partial charge in [0.25, 0.3) is 6.01 Å². The summed E-state index contributed by atoms with van der Waals surface area (Å²) >= 11 is 0. The van der Waals surface area contributed by atoms with Crippen molar-refractivity contribution in [2.24, 2.45) is 0 Å². The molecule has 3 aromatic carbocycles. The van der Waals surface area contributed by atoms with Crippen molar-refractivity contribution in [1.29, 1.82) is 0 Å².